The maximum Gasteiger partial charge on any atom is 0.416 e. The van der Waals surface area contributed by atoms with E-state index in [1.807, 2.05) is 30.3 Å². The summed E-state index contributed by atoms with van der Waals surface area (Å²) in [5, 5.41) is 4.90. The van der Waals surface area contributed by atoms with Crippen molar-refractivity contribution in [2.24, 2.45) is 0 Å². The van der Waals surface area contributed by atoms with Gasteiger partial charge in [-0.2, -0.15) is 13.2 Å². The molecule has 1 aromatic carbocycles. The van der Waals surface area contributed by atoms with Crippen LogP contribution in [-0.2, 0) is 17.5 Å². The van der Waals surface area contributed by atoms with Crippen molar-refractivity contribution >= 4 is 16.9 Å². The quantitative estimate of drug-likeness (QED) is 0.396. The van der Waals surface area contributed by atoms with Crippen LogP contribution in [-0.4, -0.2) is 30.8 Å². The molecule has 8 nitrogen and oxygen atoms in total. The number of halogens is 3. The smallest absolute Gasteiger partial charge is 0.416 e. The Morgan fingerprint density at radius 2 is 1.83 bits per heavy atom. The Hall–Kier alpha value is -3.73. The van der Waals surface area contributed by atoms with Gasteiger partial charge in [0.1, 0.15) is 17.5 Å². The lowest BCUT2D eigenvalue weighted by atomic mass is 9.92. The number of anilines is 1. The van der Waals surface area contributed by atoms with E-state index in [1.54, 1.807) is 4.68 Å². The Labute approximate surface area is 198 Å². The molecule has 35 heavy (non-hydrogen) atoms. The van der Waals surface area contributed by atoms with Crippen LogP contribution >= 0.6 is 0 Å². The van der Waals surface area contributed by atoms with Crippen molar-refractivity contribution < 1.29 is 22.6 Å². The normalized spacial score (nSPS) is 18.6. The molecule has 5 rings (SSSR count). The van der Waals surface area contributed by atoms with Gasteiger partial charge in [-0.1, -0.05) is 43.2 Å². The molecule has 3 heterocycles. The fraction of sp³-hybridized carbons (Fsp3) is 0.333. The van der Waals surface area contributed by atoms with E-state index in [0.29, 0.717) is 17.6 Å². The van der Waals surface area contributed by atoms with Crippen LogP contribution in [0.5, 0.6) is 11.8 Å². The Kier molecular flexibility index (Phi) is 6.25. The van der Waals surface area contributed by atoms with Crippen LogP contribution < -0.4 is 10.5 Å². The first-order valence-electron chi connectivity index (χ1n) is 11.3. The predicted molar refractivity (Wildman–Crippen MR) is 122 cm³/mol. The molecular weight excluding hydrogens is 461 g/mol. The number of benzene rings is 1. The SMILES string of the molecule is Nc1ncnc2c1c(Oc1cc(C(F)(F)F)ccn1)nn2[C@@H]1CCCC[C@H]1OCc1ccccc1. The third kappa shape index (κ3) is 4.90. The predicted octanol–water partition coefficient (Wildman–Crippen LogP) is 5.32. The number of nitrogens with two attached hydrogens (primary N) is 1. The molecule has 0 unspecified atom stereocenters. The van der Waals surface area contributed by atoms with Crippen molar-refractivity contribution in [3.8, 4) is 11.8 Å². The molecule has 0 spiro atoms. The van der Waals surface area contributed by atoms with E-state index in [-0.39, 0.29) is 29.7 Å². The van der Waals surface area contributed by atoms with Crippen molar-refractivity contribution in [1.82, 2.24) is 24.7 Å². The van der Waals surface area contributed by atoms with Crippen molar-refractivity contribution in [3.05, 3.63) is 66.1 Å². The lowest BCUT2D eigenvalue weighted by molar-refractivity contribution is -0.137. The maximum absolute atomic E-state index is 13.2. The maximum atomic E-state index is 13.2. The summed E-state index contributed by atoms with van der Waals surface area (Å²) in [6, 6.07) is 11.4. The van der Waals surface area contributed by atoms with Crippen molar-refractivity contribution in [2.45, 2.75) is 50.6 Å². The van der Waals surface area contributed by atoms with Crippen molar-refractivity contribution in [2.75, 3.05) is 5.73 Å². The zero-order valence-corrected chi connectivity index (χ0v) is 18.7. The van der Waals surface area contributed by atoms with Gasteiger partial charge in [-0.15, -0.1) is 5.10 Å². The van der Waals surface area contributed by atoms with E-state index >= 15 is 0 Å². The van der Waals surface area contributed by atoms with Gasteiger partial charge in [0.05, 0.1) is 24.3 Å². The van der Waals surface area contributed by atoms with Gasteiger partial charge in [-0.3, -0.25) is 0 Å². The molecule has 11 heteroatoms. The first kappa shape index (κ1) is 23.0. The Morgan fingerprint density at radius 3 is 2.63 bits per heavy atom. The van der Waals surface area contributed by atoms with E-state index in [0.717, 1.165) is 49.6 Å². The monoisotopic (exact) mass is 484 g/mol. The fourth-order valence-corrected chi connectivity index (χ4v) is 4.34. The summed E-state index contributed by atoms with van der Waals surface area (Å²) >= 11 is 0. The third-order valence-electron chi connectivity index (χ3n) is 6.04. The highest BCUT2D eigenvalue weighted by Gasteiger charge is 2.33. The summed E-state index contributed by atoms with van der Waals surface area (Å²) in [4.78, 5) is 12.3. The first-order chi connectivity index (χ1) is 16.9. The average Bonchev–Trinajstić information content (AvgIpc) is 3.22. The number of fused-ring (bicyclic) bond motifs is 1. The van der Waals surface area contributed by atoms with Crippen molar-refractivity contribution in [1.29, 1.82) is 0 Å². The molecule has 2 atom stereocenters. The van der Waals surface area contributed by atoms with Gasteiger partial charge in [0.25, 0.3) is 5.88 Å². The van der Waals surface area contributed by atoms with Crippen LogP contribution in [0, 0.1) is 0 Å². The summed E-state index contributed by atoms with van der Waals surface area (Å²) in [5.74, 6) is -0.145. The minimum absolute atomic E-state index is 0.00249. The summed E-state index contributed by atoms with van der Waals surface area (Å²) in [6.45, 7) is 0.454. The zero-order valence-electron chi connectivity index (χ0n) is 18.7. The van der Waals surface area contributed by atoms with Crippen LogP contribution in [0.25, 0.3) is 11.0 Å². The molecule has 182 valence electrons. The Morgan fingerprint density at radius 1 is 1.03 bits per heavy atom. The van der Waals surface area contributed by atoms with E-state index < -0.39 is 11.7 Å². The number of aromatic nitrogens is 5. The van der Waals surface area contributed by atoms with Gasteiger partial charge in [-0.05, 0) is 24.5 Å². The van der Waals surface area contributed by atoms with Crippen LogP contribution in [0.1, 0.15) is 42.9 Å². The number of rotatable bonds is 6. The van der Waals surface area contributed by atoms with E-state index in [9.17, 15) is 13.2 Å². The highest BCUT2D eigenvalue weighted by atomic mass is 19.4. The second kappa shape index (κ2) is 9.49. The Balaban J connectivity index is 1.48. The average molecular weight is 484 g/mol. The molecule has 1 aliphatic carbocycles. The molecule has 0 saturated heterocycles. The molecule has 0 amide bonds. The largest absolute Gasteiger partial charge is 0.418 e. The number of nitrogens with zero attached hydrogens (tertiary/aromatic N) is 5. The summed E-state index contributed by atoms with van der Waals surface area (Å²) < 4.78 is 53.1. The van der Waals surface area contributed by atoms with Crippen LogP contribution in [0.4, 0.5) is 19.0 Å². The summed E-state index contributed by atoms with van der Waals surface area (Å²) in [6.07, 6.45) is 1.31. The van der Waals surface area contributed by atoms with Crippen molar-refractivity contribution in [3.63, 3.8) is 0 Å². The Bertz CT molecular complexity index is 1310. The van der Waals surface area contributed by atoms with E-state index in [1.165, 1.54) is 6.33 Å². The minimum atomic E-state index is -4.53. The molecule has 1 fully saturated rings. The van der Waals surface area contributed by atoms with E-state index in [2.05, 4.69) is 20.1 Å². The lowest BCUT2D eigenvalue weighted by Gasteiger charge is -2.31. The van der Waals surface area contributed by atoms with Gasteiger partial charge in [0.15, 0.2) is 5.65 Å². The molecule has 1 saturated carbocycles. The van der Waals surface area contributed by atoms with Gasteiger partial charge >= 0.3 is 6.18 Å². The highest BCUT2D eigenvalue weighted by molar-refractivity contribution is 5.90. The molecule has 3 aromatic heterocycles. The summed E-state index contributed by atoms with van der Waals surface area (Å²) in [5.41, 5.74) is 6.72. The fourth-order valence-electron chi connectivity index (χ4n) is 4.34. The number of pyridine rings is 1. The van der Waals surface area contributed by atoms with Crippen LogP contribution in [0.15, 0.2) is 55.0 Å². The highest BCUT2D eigenvalue weighted by Crippen LogP contribution is 2.38. The van der Waals surface area contributed by atoms with Crippen LogP contribution in [0.2, 0.25) is 0 Å². The number of hydrogen-bond donors (Lipinski definition) is 1. The number of nitrogen functional groups attached to an aromatic ring is 1. The molecular formula is C24H23F3N6O2. The standard InChI is InChI=1S/C24H23F3N6O2/c25-24(26,27)16-10-11-29-19(12-16)35-23-20-21(28)30-14-31-22(20)33(32-23)17-8-4-5-9-18(17)34-13-15-6-2-1-3-7-15/h1-3,6-7,10-12,14,17-18H,4-5,8-9,13H2,(H2,28,30,31)/t17-,18-/m1/s1. The summed E-state index contributed by atoms with van der Waals surface area (Å²) in [7, 11) is 0. The minimum Gasteiger partial charge on any atom is -0.418 e. The topological polar surface area (TPSA) is 101 Å². The molecule has 4 aromatic rings. The lowest BCUT2D eigenvalue weighted by Crippen LogP contribution is -2.31. The van der Waals surface area contributed by atoms with Crippen LogP contribution in [0.3, 0.4) is 0 Å². The second-order valence-electron chi connectivity index (χ2n) is 8.38. The number of ether oxygens (including phenoxy) is 2. The molecule has 0 bridgehead atoms. The molecule has 0 radical (unpaired) electrons. The number of alkyl halides is 3. The first-order valence-corrected chi connectivity index (χ1v) is 11.3. The molecule has 0 aliphatic heterocycles. The van der Waals surface area contributed by atoms with Gasteiger partial charge in [-0.25, -0.2) is 19.6 Å². The van der Waals surface area contributed by atoms with Gasteiger partial charge in [0, 0.05) is 12.3 Å². The van der Waals surface area contributed by atoms with E-state index in [4.69, 9.17) is 15.2 Å². The van der Waals surface area contributed by atoms with Gasteiger partial charge < -0.3 is 15.2 Å². The second-order valence-corrected chi connectivity index (χ2v) is 8.38. The molecule has 2 N–H and O–H groups in total. The third-order valence-corrected chi connectivity index (χ3v) is 6.04. The zero-order chi connectivity index (χ0) is 24.4. The molecule has 1 aliphatic rings. The number of hydrogen-bond acceptors (Lipinski definition) is 7. The van der Waals surface area contributed by atoms with Gasteiger partial charge in [0.2, 0.25) is 5.88 Å².